The van der Waals surface area contributed by atoms with Crippen molar-refractivity contribution in [2.75, 3.05) is 18.7 Å². The van der Waals surface area contributed by atoms with Crippen LogP contribution in [0.3, 0.4) is 0 Å². The molecule has 7 nitrogen and oxygen atoms in total. The first kappa shape index (κ1) is 25.9. The van der Waals surface area contributed by atoms with E-state index < -0.39 is 35.0 Å². The lowest BCUT2D eigenvalue weighted by atomic mass is 9.78. The van der Waals surface area contributed by atoms with Gasteiger partial charge in [-0.05, 0) is 60.9 Å². The smallest absolute Gasteiger partial charge is 0.325 e. The summed E-state index contributed by atoms with van der Waals surface area (Å²) in [5.41, 5.74) is -0.745. The molecular formula is C25H25F2N3O4P2. The van der Waals surface area contributed by atoms with Gasteiger partial charge in [0.05, 0.1) is 24.4 Å². The number of hydrogen-bond donors (Lipinski definition) is 1. The van der Waals surface area contributed by atoms with Crippen molar-refractivity contribution in [2.45, 2.75) is 25.3 Å². The van der Waals surface area contributed by atoms with Gasteiger partial charge in [0.2, 0.25) is 5.91 Å². The Morgan fingerprint density at radius 2 is 1.92 bits per heavy atom. The van der Waals surface area contributed by atoms with Gasteiger partial charge in [-0.15, -0.1) is 18.5 Å². The van der Waals surface area contributed by atoms with Gasteiger partial charge in [0.1, 0.15) is 29.7 Å². The normalized spacial score (nSPS) is 19.2. The van der Waals surface area contributed by atoms with Crippen molar-refractivity contribution in [1.29, 1.82) is 0 Å². The third kappa shape index (κ3) is 4.65. The summed E-state index contributed by atoms with van der Waals surface area (Å²) in [6.07, 6.45) is 0. The summed E-state index contributed by atoms with van der Waals surface area (Å²) in [6.45, 7) is 3.01. The van der Waals surface area contributed by atoms with Crippen molar-refractivity contribution in [3.63, 3.8) is 0 Å². The van der Waals surface area contributed by atoms with Crippen LogP contribution < -0.4 is 20.9 Å². The number of nitrogens with one attached hydrogen (secondary N) is 1. The van der Waals surface area contributed by atoms with E-state index >= 15 is 4.39 Å². The minimum Gasteiger partial charge on any atom is -0.468 e. The van der Waals surface area contributed by atoms with Gasteiger partial charge >= 0.3 is 5.97 Å². The Morgan fingerprint density at radius 3 is 2.53 bits per heavy atom. The fourth-order valence-corrected chi connectivity index (χ4v) is 5.16. The Bertz CT molecular complexity index is 1380. The van der Waals surface area contributed by atoms with E-state index in [4.69, 9.17) is 9.52 Å². The zero-order chi connectivity index (χ0) is 26.2. The Balaban J connectivity index is 1.95. The number of hydrazone groups is 1. The molecule has 0 saturated carbocycles. The molecule has 1 amide bonds. The molecule has 3 aromatic rings. The van der Waals surface area contributed by atoms with Crippen LogP contribution in [0, 0.1) is 18.6 Å². The second kappa shape index (κ2) is 10.1. The lowest BCUT2D eigenvalue weighted by molar-refractivity contribution is -0.141. The molecule has 36 heavy (non-hydrogen) atoms. The highest BCUT2D eigenvalue weighted by Gasteiger charge is 2.56. The Kier molecular flexibility index (Phi) is 7.26. The highest BCUT2D eigenvalue weighted by Crippen LogP contribution is 2.45. The van der Waals surface area contributed by atoms with E-state index in [1.165, 1.54) is 18.2 Å². The average Bonchev–Trinajstić information content (AvgIpc) is 3.38. The summed E-state index contributed by atoms with van der Waals surface area (Å²) in [5.74, 6) is -2.73. The molecule has 1 aliphatic rings. The molecule has 11 heteroatoms. The number of amides is 1. The predicted octanol–water partition coefficient (Wildman–Crippen LogP) is 2.92. The number of ether oxygens (including phenoxy) is 1. The quantitative estimate of drug-likeness (QED) is 0.391. The second-order valence-corrected chi connectivity index (χ2v) is 9.82. The molecule has 0 aliphatic carbocycles. The van der Waals surface area contributed by atoms with E-state index in [2.05, 4.69) is 28.5 Å². The van der Waals surface area contributed by atoms with Crippen LogP contribution in [0.15, 0.2) is 58.0 Å². The molecule has 0 bridgehead atoms. The third-order valence-electron chi connectivity index (χ3n) is 6.10. The number of halogens is 2. The van der Waals surface area contributed by atoms with Crippen molar-refractivity contribution in [1.82, 2.24) is 5.32 Å². The summed E-state index contributed by atoms with van der Waals surface area (Å²) >= 11 is 0. The van der Waals surface area contributed by atoms with Gasteiger partial charge in [-0.2, -0.15) is 5.10 Å². The fraction of sp³-hybridized carbons (Fsp3) is 0.240. The summed E-state index contributed by atoms with van der Waals surface area (Å²) in [5, 5.41) is 10.5. The number of carbonyl (C=O) groups is 2. The zero-order valence-corrected chi connectivity index (χ0v) is 22.2. The Hall–Kier alpha value is -3.15. The molecular weight excluding hydrogens is 506 g/mol. The molecule has 2 aromatic carbocycles. The van der Waals surface area contributed by atoms with Gasteiger partial charge in [-0.3, -0.25) is 9.59 Å². The molecule has 188 valence electrons. The van der Waals surface area contributed by atoms with Crippen LogP contribution >= 0.6 is 18.5 Å². The van der Waals surface area contributed by atoms with Gasteiger partial charge in [-0.1, -0.05) is 6.07 Å². The van der Waals surface area contributed by atoms with E-state index in [0.717, 1.165) is 22.7 Å². The monoisotopic (exact) mass is 531 g/mol. The maximum atomic E-state index is 15.1. The van der Waals surface area contributed by atoms with Crippen molar-refractivity contribution >= 4 is 52.4 Å². The van der Waals surface area contributed by atoms with Crippen LogP contribution in [0.1, 0.15) is 29.9 Å². The predicted molar refractivity (Wildman–Crippen MR) is 140 cm³/mol. The zero-order valence-electron chi connectivity index (χ0n) is 19.8. The number of methoxy groups -OCH3 is 1. The fourth-order valence-electron chi connectivity index (χ4n) is 4.29. The molecule has 0 fully saturated rings. The highest BCUT2D eigenvalue weighted by molar-refractivity contribution is 7.29. The van der Waals surface area contributed by atoms with Crippen molar-refractivity contribution in [3.8, 4) is 0 Å². The third-order valence-corrected chi connectivity index (χ3v) is 6.92. The number of carbonyl (C=O) groups excluding carboxylic acids is 2. The molecule has 4 unspecified atom stereocenters. The molecule has 1 N–H and O–H groups in total. The Morgan fingerprint density at radius 1 is 1.17 bits per heavy atom. The van der Waals surface area contributed by atoms with Crippen LogP contribution in [0.5, 0.6) is 0 Å². The van der Waals surface area contributed by atoms with E-state index in [0.29, 0.717) is 17.2 Å². The number of furan rings is 1. The first-order valence-corrected chi connectivity index (χ1v) is 12.1. The SMILES string of the molecule is COC(=O)CNC(=O)C1(C)C(c2ccc(C)o2)C(c2ccc(F)cc2F)=NN1c1ccc(P)cc1P. The van der Waals surface area contributed by atoms with E-state index in [-0.39, 0.29) is 17.8 Å². The molecule has 4 rings (SSSR count). The first-order chi connectivity index (χ1) is 17.1. The summed E-state index contributed by atoms with van der Waals surface area (Å²) in [7, 11) is 6.42. The highest BCUT2D eigenvalue weighted by atomic mass is 31.0. The van der Waals surface area contributed by atoms with Crippen LogP contribution in [0.4, 0.5) is 14.5 Å². The minimum absolute atomic E-state index is 0.0259. The largest absolute Gasteiger partial charge is 0.468 e. The maximum Gasteiger partial charge on any atom is 0.325 e. The first-order valence-electron chi connectivity index (χ1n) is 11.0. The standard InChI is InChI=1S/C25H25F2N3O4P2/c1-13-4-9-19(34-13)22-23(16-7-5-14(26)10-17(16)27)29-30(18-8-6-15(35)11-20(18)36)25(22,2)24(32)28-12-21(31)33-3/h4-11,22H,12,35-36H2,1-3H3,(H,28,32). The second-order valence-electron chi connectivity index (χ2n) is 8.53. The number of aryl methyl sites for hydroxylation is 1. The lowest BCUT2D eigenvalue weighted by Gasteiger charge is -2.37. The van der Waals surface area contributed by atoms with Crippen LogP contribution in [-0.4, -0.2) is 36.8 Å². The summed E-state index contributed by atoms with van der Waals surface area (Å²) in [4.78, 5) is 25.6. The van der Waals surface area contributed by atoms with Gasteiger partial charge in [0.15, 0.2) is 5.54 Å². The van der Waals surface area contributed by atoms with Gasteiger partial charge < -0.3 is 14.5 Å². The van der Waals surface area contributed by atoms with E-state index in [1.807, 2.05) is 12.1 Å². The number of esters is 1. The number of benzene rings is 2. The lowest BCUT2D eigenvalue weighted by Crippen LogP contribution is -2.58. The molecule has 1 aromatic heterocycles. The van der Waals surface area contributed by atoms with Crippen molar-refractivity contribution in [2.24, 2.45) is 5.10 Å². The van der Waals surface area contributed by atoms with Crippen molar-refractivity contribution in [3.05, 3.63) is 77.2 Å². The maximum absolute atomic E-state index is 15.1. The van der Waals surface area contributed by atoms with Crippen molar-refractivity contribution < 1.29 is 27.5 Å². The number of rotatable bonds is 6. The van der Waals surface area contributed by atoms with Crippen LogP contribution in [0.25, 0.3) is 0 Å². The molecule has 0 spiro atoms. The van der Waals surface area contributed by atoms with Crippen LogP contribution in [0.2, 0.25) is 0 Å². The molecule has 0 saturated heterocycles. The topological polar surface area (TPSA) is 84.1 Å². The van der Waals surface area contributed by atoms with Gasteiger partial charge in [-0.25, -0.2) is 13.8 Å². The van der Waals surface area contributed by atoms with Gasteiger partial charge in [0, 0.05) is 11.6 Å². The van der Waals surface area contributed by atoms with E-state index in [1.54, 1.807) is 32.0 Å². The number of hydrogen-bond acceptors (Lipinski definition) is 6. The molecule has 4 atom stereocenters. The Labute approximate surface area is 211 Å². The minimum atomic E-state index is -1.51. The molecule has 2 heterocycles. The summed E-state index contributed by atoms with van der Waals surface area (Å²) < 4.78 is 39.4. The molecule has 1 aliphatic heterocycles. The number of anilines is 1. The average molecular weight is 531 g/mol. The van der Waals surface area contributed by atoms with E-state index in [9.17, 15) is 14.0 Å². The van der Waals surface area contributed by atoms with Gasteiger partial charge in [0.25, 0.3) is 0 Å². The number of nitrogens with zero attached hydrogens (tertiary/aromatic N) is 2. The van der Waals surface area contributed by atoms with Crippen LogP contribution in [-0.2, 0) is 14.3 Å². The molecule has 0 radical (unpaired) electrons. The summed E-state index contributed by atoms with van der Waals surface area (Å²) in [6, 6.07) is 12.1.